The van der Waals surface area contributed by atoms with Gasteiger partial charge in [-0.2, -0.15) is 0 Å². The third-order valence-electron chi connectivity index (χ3n) is 2.59. The number of rotatable bonds is 3. The number of ether oxygens (including phenoxy) is 1. The summed E-state index contributed by atoms with van der Waals surface area (Å²) in [5, 5.41) is 0. The number of carbonyl (C=O) groups is 1. The summed E-state index contributed by atoms with van der Waals surface area (Å²) in [6, 6.07) is 0. The van der Waals surface area contributed by atoms with E-state index in [0.29, 0.717) is 0 Å². The molecule has 0 aromatic carbocycles. The maximum absolute atomic E-state index is 12.2. The summed E-state index contributed by atoms with van der Waals surface area (Å²) in [5.74, 6) is -0.0718. The zero-order chi connectivity index (χ0) is 13.2. The van der Waals surface area contributed by atoms with Crippen LogP contribution in [0.4, 0.5) is 0 Å². The fourth-order valence-electron chi connectivity index (χ4n) is 1.91. The monoisotopic (exact) mass is 228 g/mol. The van der Waals surface area contributed by atoms with Gasteiger partial charge in [0, 0.05) is 0 Å². The van der Waals surface area contributed by atoms with Gasteiger partial charge in [-0.1, -0.05) is 27.7 Å². The molecule has 96 valence electrons. The Hall–Kier alpha value is -0.530. The molecule has 2 nitrogen and oxygen atoms in total. The van der Waals surface area contributed by atoms with Crippen LogP contribution in [-0.2, 0) is 9.53 Å². The molecule has 0 aromatic rings. The van der Waals surface area contributed by atoms with Crippen LogP contribution in [0.1, 0.15) is 68.2 Å². The van der Waals surface area contributed by atoms with E-state index in [0.717, 1.165) is 12.8 Å². The van der Waals surface area contributed by atoms with E-state index in [1.807, 2.05) is 27.7 Å². The largest absolute Gasteiger partial charge is 0.460 e. The van der Waals surface area contributed by atoms with Gasteiger partial charge in [-0.15, -0.1) is 0 Å². The maximum Gasteiger partial charge on any atom is 0.312 e. The first-order valence-electron chi connectivity index (χ1n) is 6.13. The standard InChI is InChI=1S/C14H28O2/c1-9-14(8,10-12(2,3)4)11(15)16-13(5,6)7/h9-10H2,1-8H3. The predicted molar refractivity (Wildman–Crippen MR) is 68.3 cm³/mol. The molecule has 1 atom stereocenters. The van der Waals surface area contributed by atoms with E-state index in [-0.39, 0.29) is 16.8 Å². The maximum atomic E-state index is 12.2. The van der Waals surface area contributed by atoms with Gasteiger partial charge in [0.05, 0.1) is 5.41 Å². The number of carbonyl (C=O) groups excluding carboxylic acids is 1. The van der Waals surface area contributed by atoms with Gasteiger partial charge in [-0.3, -0.25) is 4.79 Å². The van der Waals surface area contributed by atoms with Crippen molar-refractivity contribution in [1.82, 2.24) is 0 Å². The summed E-state index contributed by atoms with van der Waals surface area (Å²) < 4.78 is 5.50. The molecule has 0 spiro atoms. The molecule has 0 aliphatic rings. The smallest absolute Gasteiger partial charge is 0.312 e. The summed E-state index contributed by atoms with van der Waals surface area (Å²) in [7, 11) is 0. The van der Waals surface area contributed by atoms with Crippen LogP contribution >= 0.6 is 0 Å². The Kier molecular flexibility index (Phi) is 4.61. The molecule has 0 amide bonds. The quantitative estimate of drug-likeness (QED) is 0.677. The first-order valence-corrected chi connectivity index (χ1v) is 6.13. The van der Waals surface area contributed by atoms with Crippen LogP contribution in [-0.4, -0.2) is 11.6 Å². The van der Waals surface area contributed by atoms with Crippen molar-refractivity contribution in [1.29, 1.82) is 0 Å². The van der Waals surface area contributed by atoms with Crippen molar-refractivity contribution in [3.8, 4) is 0 Å². The molecule has 0 radical (unpaired) electrons. The molecule has 0 bridgehead atoms. The zero-order valence-corrected chi connectivity index (χ0v) is 12.2. The van der Waals surface area contributed by atoms with Crippen molar-refractivity contribution in [2.45, 2.75) is 73.8 Å². The third kappa shape index (κ3) is 5.53. The minimum atomic E-state index is -0.397. The van der Waals surface area contributed by atoms with Gasteiger partial charge in [0.2, 0.25) is 0 Å². The molecule has 1 unspecified atom stereocenters. The van der Waals surface area contributed by atoms with E-state index in [4.69, 9.17) is 4.74 Å². The van der Waals surface area contributed by atoms with Gasteiger partial charge in [-0.25, -0.2) is 0 Å². The molecule has 0 aliphatic carbocycles. The van der Waals surface area contributed by atoms with Crippen LogP contribution in [0.15, 0.2) is 0 Å². The van der Waals surface area contributed by atoms with E-state index in [1.165, 1.54) is 0 Å². The van der Waals surface area contributed by atoms with Crippen LogP contribution in [0, 0.1) is 10.8 Å². The van der Waals surface area contributed by atoms with Crippen LogP contribution in [0.2, 0.25) is 0 Å². The van der Waals surface area contributed by atoms with Crippen molar-refractivity contribution in [3.05, 3.63) is 0 Å². The average Bonchev–Trinajstić information content (AvgIpc) is 1.97. The van der Waals surface area contributed by atoms with Crippen LogP contribution in [0.25, 0.3) is 0 Å². The first kappa shape index (κ1) is 15.5. The van der Waals surface area contributed by atoms with Crippen molar-refractivity contribution in [2.24, 2.45) is 10.8 Å². The van der Waals surface area contributed by atoms with Crippen molar-refractivity contribution < 1.29 is 9.53 Å². The second-order valence-corrected chi connectivity index (χ2v) is 7.15. The molecular weight excluding hydrogens is 200 g/mol. The number of hydrogen-bond donors (Lipinski definition) is 0. The van der Waals surface area contributed by atoms with Gasteiger partial charge < -0.3 is 4.74 Å². The Morgan fingerprint density at radius 2 is 1.44 bits per heavy atom. The van der Waals surface area contributed by atoms with Gasteiger partial charge in [0.1, 0.15) is 5.60 Å². The van der Waals surface area contributed by atoms with Crippen molar-refractivity contribution in [3.63, 3.8) is 0 Å². The minimum absolute atomic E-state index is 0.0718. The summed E-state index contributed by atoms with van der Waals surface area (Å²) in [6.45, 7) is 16.3. The Morgan fingerprint density at radius 3 is 1.69 bits per heavy atom. The molecule has 0 rings (SSSR count). The van der Waals surface area contributed by atoms with Gasteiger partial charge in [-0.05, 0) is 46.0 Å². The molecule has 0 N–H and O–H groups in total. The van der Waals surface area contributed by atoms with E-state index >= 15 is 0 Å². The van der Waals surface area contributed by atoms with Gasteiger partial charge in [0.25, 0.3) is 0 Å². The normalized spacial score (nSPS) is 16.8. The highest BCUT2D eigenvalue weighted by Crippen LogP contribution is 2.38. The van der Waals surface area contributed by atoms with Gasteiger partial charge in [0.15, 0.2) is 0 Å². The van der Waals surface area contributed by atoms with Gasteiger partial charge >= 0.3 is 5.97 Å². The predicted octanol–water partition coefficient (Wildman–Crippen LogP) is 4.18. The van der Waals surface area contributed by atoms with E-state index in [1.54, 1.807) is 0 Å². The lowest BCUT2D eigenvalue weighted by molar-refractivity contribution is -0.168. The highest BCUT2D eigenvalue weighted by Gasteiger charge is 2.38. The zero-order valence-electron chi connectivity index (χ0n) is 12.2. The van der Waals surface area contributed by atoms with E-state index in [2.05, 4.69) is 27.7 Å². The molecular formula is C14H28O2. The lowest BCUT2D eigenvalue weighted by atomic mass is 9.73. The van der Waals surface area contributed by atoms with Crippen molar-refractivity contribution in [2.75, 3.05) is 0 Å². The molecule has 0 aromatic heterocycles. The molecule has 16 heavy (non-hydrogen) atoms. The lowest BCUT2D eigenvalue weighted by Crippen LogP contribution is -2.37. The Morgan fingerprint density at radius 1 is 1.00 bits per heavy atom. The first-order chi connectivity index (χ1) is 6.90. The molecule has 0 heterocycles. The molecule has 0 aliphatic heterocycles. The minimum Gasteiger partial charge on any atom is -0.460 e. The number of esters is 1. The summed E-state index contributed by atoms with van der Waals surface area (Å²) in [5.41, 5.74) is -0.626. The average molecular weight is 228 g/mol. The second kappa shape index (κ2) is 4.77. The third-order valence-corrected chi connectivity index (χ3v) is 2.59. The Labute approximate surface area is 101 Å². The summed E-state index contributed by atoms with van der Waals surface area (Å²) in [4.78, 5) is 12.2. The molecule has 0 saturated heterocycles. The highest BCUT2D eigenvalue weighted by atomic mass is 16.6. The Bertz CT molecular complexity index is 242. The van der Waals surface area contributed by atoms with E-state index in [9.17, 15) is 4.79 Å². The van der Waals surface area contributed by atoms with Crippen LogP contribution in [0.3, 0.4) is 0 Å². The summed E-state index contributed by atoms with van der Waals surface area (Å²) >= 11 is 0. The van der Waals surface area contributed by atoms with E-state index < -0.39 is 5.60 Å². The SMILES string of the molecule is CCC(C)(CC(C)(C)C)C(=O)OC(C)(C)C. The van der Waals surface area contributed by atoms with Crippen LogP contribution in [0.5, 0.6) is 0 Å². The fourth-order valence-corrected chi connectivity index (χ4v) is 1.91. The van der Waals surface area contributed by atoms with Crippen LogP contribution < -0.4 is 0 Å². The molecule has 0 fully saturated rings. The molecule has 2 heteroatoms. The topological polar surface area (TPSA) is 26.3 Å². The fraction of sp³-hybridized carbons (Fsp3) is 0.929. The number of hydrogen-bond acceptors (Lipinski definition) is 2. The Balaban J connectivity index is 4.77. The lowest BCUT2D eigenvalue weighted by Gasteiger charge is -2.35. The second-order valence-electron chi connectivity index (χ2n) is 7.15. The molecule has 0 saturated carbocycles. The highest BCUT2D eigenvalue weighted by molar-refractivity contribution is 5.76. The summed E-state index contributed by atoms with van der Waals surface area (Å²) in [6.07, 6.45) is 1.67. The van der Waals surface area contributed by atoms with Crippen molar-refractivity contribution >= 4 is 5.97 Å².